The van der Waals surface area contributed by atoms with Crippen LogP contribution in [0.1, 0.15) is 15.9 Å². The molecule has 2 aromatic carbocycles. The van der Waals surface area contributed by atoms with Crippen LogP contribution in [0.4, 0.5) is 0 Å². The van der Waals surface area contributed by atoms with Crippen LogP contribution in [0.15, 0.2) is 40.9 Å². The van der Waals surface area contributed by atoms with Gasteiger partial charge >= 0.3 is 0 Å². The first-order valence-corrected chi connectivity index (χ1v) is 7.00. The van der Waals surface area contributed by atoms with E-state index in [0.717, 1.165) is 0 Å². The van der Waals surface area contributed by atoms with Gasteiger partial charge in [0.05, 0.1) is 21.3 Å². The van der Waals surface area contributed by atoms with Crippen molar-refractivity contribution in [3.8, 4) is 17.2 Å². The van der Waals surface area contributed by atoms with Crippen molar-refractivity contribution in [3.05, 3.63) is 52.0 Å². The largest absolute Gasteiger partial charge is 0.497 e. The molecule has 0 spiro atoms. The fourth-order valence-electron chi connectivity index (χ4n) is 1.95. The molecule has 4 nitrogen and oxygen atoms in total. The molecule has 21 heavy (non-hydrogen) atoms. The van der Waals surface area contributed by atoms with E-state index in [-0.39, 0.29) is 5.78 Å². The number of carbonyl (C=O) groups is 1. The Morgan fingerprint density at radius 2 is 1.62 bits per heavy atom. The second-order valence-electron chi connectivity index (χ2n) is 4.25. The predicted molar refractivity (Wildman–Crippen MR) is 83.7 cm³/mol. The van der Waals surface area contributed by atoms with Crippen LogP contribution in [0.5, 0.6) is 17.2 Å². The van der Waals surface area contributed by atoms with Crippen LogP contribution >= 0.6 is 15.9 Å². The number of carbonyl (C=O) groups excluding carboxylic acids is 1. The predicted octanol–water partition coefficient (Wildman–Crippen LogP) is 3.71. The second-order valence-corrected chi connectivity index (χ2v) is 5.10. The minimum atomic E-state index is -0.123. The zero-order chi connectivity index (χ0) is 15.4. The number of methoxy groups -OCH3 is 3. The van der Waals surface area contributed by atoms with Crippen molar-refractivity contribution in [2.45, 2.75) is 0 Å². The van der Waals surface area contributed by atoms with E-state index in [1.54, 1.807) is 50.6 Å². The molecule has 0 saturated carbocycles. The molecule has 5 heteroatoms. The van der Waals surface area contributed by atoms with E-state index < -0.39 is 0 Å². The third-order valence-corrected chi connectivity index (χ3v) is 3.71. The molecule has 0 bridgehead atoms. The maximum absolute atomic E-state index is 12.6. The summed E-state index contributed by atoms with van der Waals surface area (Å²) in [5, 5.41) is 0. The molecule has 0 atom stereocenters. The fraction of sp³-hybridized carbons (Fsp3) is 0.188. The van der Waals surface area contributed by atoms with Crippen LogP contribution < -0.4 is 14.2 Å². The summed E-state index contributed by atoms with van der Waals surface area (Å²) in [6, 6.07) is 10.4. The monoisotopic (exact) mass is 350 g/mol. The van der Waals surface area contributed by atoms with E-state index in [4.69, 9.17) is 14.2 Å². The van der Waals surface area contributed by atoms with Gasteiger partial charge in [-0.3, -0.25) is 4.79 Å². The normalized spacial score (nSPS) is 10.1. The first kappa shape index (κ1) is 15.4. The van der Waals surface area contributed by atoms with Gasteiger partial charge in [0.25, 0.3) is 0 Å². The third-order valence-electron chi connectivity index (χ3n) is 3.05. The highest BCUT2D eigenvalue weighted by Gasteiger charge is 2.17. The van der Waals surface area contributed by atoms with Gasteiger partial charge in [0.2, 0.25) is 0 Å². The van der Waals surface area contributed by atoms with Crippen molar-refractivity contribution < 1.29 is 19.0 Å². The van der Waals surface area contributed by atoms with E-state index in [2.05, 4.69) is 15.9 Å². The standard InChI is InChI=1S/C16H15BrO4/c1-19-11-6-4-5-10(7-11)16(18)12-8-14(20-2)15(21-3)9-13(12)17/h4-9H,1-3H3. The molecule has 0 amide bonds. The van der Waals surface area contributed by atoms with Crippen molar-refractivity contribution >= 4 is 21.7 Å². The average Bonchev–Trinajstić information content (AvgIpc) is 2.53. The Bertz CT molecular complexity index is 667. The summed E-state index contributed by atoms with van der Waals surface area (Å²) < 4.78 is 16.2. The van der Waals surface area contributed by atoms with Gasteiger partial charge in [-0.25, -0.2) is 0 Å². The number of benzene rings is 2. The topological polar surface area (TPSA) is 44.8 Å². The smallest absolute Gasteiger partial charge is 0.194 e. The maximum atomic E-state index is 12.6. The van der Waals surface area contributed by atoms with E-state index in [9.17, 15) is 4.79 Å². The number of halogens is 1. The van der Waals surface area contributed by atoms with Crippen molar-refractivity contribution in [1.82, 2.24) is 0 Å². The molecule has 0 N–H and O–H groups in total. The number of hydrogen-bond acceptors (Lipinski definition) is 4. The van der Waals surface area contributed by atoms with Gasteiger partial charge in [-0.1, -0.05) is 12.1 Å². The van der Waals surface area contributed by atoms with Gasteiger partial charge in [0.15, 0.2) is 17.3 Å². The molecule has 0 radical (unpaired) electrons. The zero-order valence-corrected chi connectivity index (χ0v) is 13.6. The van der Waals surface area contributed by atoms with Gasteiger partial charge in [-0.2, -0.15) is 0 Å². The molecule has 2 rings (SSSR count). The Morgan fingerprint density at radius 3 is 2.24 bits per heavy atom. The molecule has 0 aliphatic heterocycles. The van der Waals surface area contributed by atoms with Crippen LogP contribution in [-0.2, 0) is 0 Å². The summed E-state index contributed by atoms with van der Waals surface area (Å²) >= 11 is 3.40. The van der Waals surface area contributed by atoms with Gasteiger partial charge in [-0.15, -0.1) is 0 Å². The molecule has 0 aromatic heterocycles. The number of ether oxygens (including phenoxy) is 3. The van der Waals surface area contributed by atoms with Crippen molar-refractivity contribution in [2.75, 3.05) is 21.3 Å². The van der Waals surface area contributed by atoms with E-state index in [1.165, 1.54) is 7.11 Å². The van der Waals surface area contributed by atoms with E-state index in [1.807, 2.05) is 0 Å². The number of rotatable bonds is 5. The first-order chi connectivity index (χ1) is 10.1. The van der Waals surface area contributed by atoms with Crippen LogP contribution in [0, 0.1) is 0 Å². The lowest BCUT2D eigenvalue weighted by Gasteiger charge is -2.11. The van der Waals surface area contributed by atoms with E-state index in [0.29, 0.717) is 32.8 Å². The van der Waals surface area contributed by atoms with Crippen LogP contribution in [0.3, 0.4) is 0 Å². The minimum absolute atomic E-state index is 0.123. The summed E-state index contributed by atoms with van der Waals surface area (Å²) in [6.45, 7) is 0. The summed E-state index contributed by atoms with van der Waals surface area (Å²) in [4.78, 5) is 12.6. The van der Waals surface area contributed by atoms with Gasteiger partial charge in [0.1, 0.15) is 5.75 Å². The Kier molecular flexibility index (Phi) is 4.85. The highest BCUT2D eigenvalue weighted by Crippen LogP contribution is 2.34. The average molecular weight is 351 g/mol. The lowest BCUT2D eigenvalue weighted by Crippen LogP contribution is -2.04. The van der Waals surface area contributed by atoms with Crippen molar-refractivity contribution in [2.24, 2.45) is 0 Å². The second kappa shape index (κ2) is 6.63. The number of ketones is 1. The van der Waals surface area contributed by atoms with Crippen LogP contribution in [0.2, 0.25) is 0 Å². The van der Waals surface area contributed by atoms with Crippen LogP contribution in [-0.4, -0.2) is 27.1 Å². The van der Waals surface area contributed by atoms with Crippen molar-refractivity contribution in [1.29, 1.82) is 0 Å². The molecular formula is C16H15BrO4. The quantitative estimate of drug-likeness (QED) is 0.771. The first-order valence-electron chi connectivity index (χ1n) is 6.21. The Balaban J connectivity index is 2.47. The maximum Gasteiger partial charge on any atom is 0.194 e. The molecule has 0 heterocycles. The molecule has 0 fully saturated rings. The highest BCUT2D eigenvalue weighted by molar-refractivity contribution is 9.10. The van der Waals surface area contributed by atoms with Crippen LogP contribution in [0.25, 0.3) is 0 Å². The molecule has 110 valence electrons. The summed E-state index contributed by atoms with van der Waals surface area (Å²) in [7, 11) is 4.65. The molecule has 0 unspecified atom stereocenters. The van der Waals surface area contributed by atoms with Crippen molar-refractivity contribution in [3.63, 3.8) is 0 Å². The number of hydrogen-bond donors (Lipinski definition) is 0. The summed E-state index contributed by atoms with van der Waals surface area (Å²) in [5.41, 5.74) is 1.04. The highest BCUT2D eigenvalue weighted by atomic mass is 79.9. The third kappa shape index (κ3) is 3.19. The molecule has 2 aromatic rings. The minimum Gasteiger partial charge on any atom is -0.497 e. The molecule has 0 saturated heterocycles. The fourth-order valence-corrected chi connectivity index (χ4v) is 2.45. The SMILES string of the molecule is COc1cccc(C(=O)c2cc(OC)c(OC)cc2Br)c1. The Morgan fingerprint density at radius 1 is 0.952 bits per heavy atom. The summed E-state index contributed by atoms with van der Waals surface area (Å²) in [6.07, 6.45) is 0. The lowest BCUT2D eigenvalue weighted by molar-refractivity contribution is 0.103. The Hall–Kier alpha value is -2.01. The van der Waals surface area contributed by atoms with Gasteiger partial charge < -0.3 is 14.2 Å². The van der Waals surface area contributed by atoms with Gasteiger partial charge in [0, 0.05) is 15.6 Å². The zero-order valence-electron chi connectivity index (χ0n) is 12.0. The lowest BCUT2D eigenvalue weighted by atomic mass is 10.0. The molecule has 0 aliphatic rings. The molecular weight excluding hydrogens is 336 g/mol. The molecule has 0 aliphatic carbocycles. The van der Waals surface area contributed by atoms with Gasteiger partial charge in [-0.05, 0) is 40.2 Å². The Labute approximate surface area is 131 Å². The summed E-state index contributed by atoms with van der Waals surface area (Å²) in [5.74, 6) is 1.58. The van der Waals surface area contributed by atoms with E-state index >= 15 is 0 Å².